The summed E-state index contributed by atoms with van der Waals surface area (Å²) in [6, 6.07) is 11.6. The average molecular weight is 436 g/mol. The molecule has 2 saturated heterocycles. The second-order valence-corrected chi connectivity index (χ2v) is 8.59. The summed E-state index contributed by atoms with van der Waals surface area (Å²) in [7, 11) is 0. The van der Waals surface area contributed by atoms with Gasteiger partial charge in [-0.05, 0) is 60.6 Å². The van der Waals surface area contributed by atoms with E-state index in [1.54, 1.807) is 24.3 Å². The minimum Gasteiger partial charge on any atom is -0.508 e. The first-order chi connectivity index (χ1) is 15.5. The van der Waals surface area contributed by atoms with E-state index in [9.17, 15) is 19.4 Å². The maximum atomic E-state index is 13.7. The van der Waals surface area contributed by atoms with Crippen molar-refractivity contribution in [1.29, 1.82) is 0 Å². The molecule has 6 nitrogen and oxygen atoms in total. The average Bonchev–Trinajstić information content (AvgIpc) is 3.29. The van der Waals surface area contributed by atoms with Crippen LogP contribution in [0.25, 0.3) is 22.0 Å². The van der Waals surface area contributed by atoms with Gasteiger partial charge < -0.3 is 19.8 Å². The lowest BCUT2D eigenvalue weighted by Crippen LogP contribution is -2.26. The Balaban J connectivity index is 1.77. The lowest BCUT2D eigenvalue weighted by Gasteiger charge is -2.31. The van der Waals surface area contributed by atoms with E-state index in [0.717, 1.165) is 40.7 Å². The minimum atomic E-state index is -0.794. The molecule has 2 aromatic carbocycles. The molecular formula is C25H25FN2O4. The fourth-order valence-electron chi connectivity index (χ4n) is 4.95. The van der Waals surface area contributed by atoms with Gasteiger partial charge in [-0.15, -0.1) is 0 Å². The third kappa shape index (κ3) is 3.77. The third-order valence-corrected chi connectivity index (χ3v) is 6.59. The van der Waals surface area contributed by atoms with Gasteiger partial charge in [0.2, 0.25) is 0 Å². The Kier molecular flexibility index (Phi) is 5.43. The molecule has 5 rings (SSSR count). The SMILES string of the molecule is O=C(O)C1CCN(c2nc3cc(O)ccc3c(-c3ccc(F)cc3)c2C2CCOCC2)C1. The Bertz CT molecular complexity index is 1160. The quantitative estimate of drug-likeness (QED) is 0.624. The van der Waals surface area contributed by atoms with Crippen molar-refractivity contribution in [2.24, 2.45) is 5.92 Å². The fourth-order valence-corrected chi connectivity index (χ4v) is 4.95. The number of fused-ring (bicyclic) bond motifs is 1. The number of rotatable bonds is 4. The molecule has 166 valence electrons. The second-order valence-electron chi connectivity index (χ2n) is 8.59. The molecule has 2 N–H and O–H groups in total. The summed E-state index contributed by atoms with van der Waals surface area (Å²) < 4.78 is 19.3. The first-order valence-electron chi connectivity index (χ1n) is 11.0. The number of aromatic hydroxyl groups is 1. The van der Waals surface area contributed by atoms with Crippen molar-refractivity contribution < 1.29 is 24.1 Å². The number of pyridine rings is 1. The van der Waals surface area contributed by atoms with Gasteiger partial charge in [0, 0.05) is 43.3 Å². The number of carboxylic acid groups (broad SMARTS) is 1. The molecule has 1 atom stereocenters. The summed E-state index contributed by atoms with van der Waals surface area (Å²) >= 11 is 0. The third-order valence-electron chi connectivity index (χ3n) is 6.59. The molecule has 2 fully saturated rings. The number of hydrogen-bond acceptors (Lipinski definition) is 5. The maximum absolute atomic E-state index is 13.7. The zero-order valence-electron chi connectivity index (χ0n) is 17.6. The number of phenols is 1. The molecule has 0 spiro atoms. The van der Waals surface area contributed by atoms with E-state index in [1.165, 1.54) is 12.1 Å². The highest BCUT2D eigenvalue weighted by Gasteiger charge is 2.34. The summed E-state index contributed by atoms with van der Waals surface area (Å²) in [4.78, 5) is 18.6. The topological polar surface area (TPSA) is 82.9 Å². The minimum absolute atomic E-state index is 0.115. The summed E-state index contributed by atoms with van der Waals surface area (Å²) in [6.45, 7) is 2.30. The van der Waals surface area contributed by atoms with E-state index < -0.39 is 11.9 Å². The second kappa shape index (κ2) is 8.39. The number of anilines is 1. The van der Waals surface area contributed by atoms with Crippen LogP contribution in [0.3, 0.4) is 0 Å². The van der Waals surface area contributed by atoms with Crippen LogP contribution in [0.15, 0.2) is 42.5 Å². The number of nitrogens with zero attached hydrogens (tertiary/aromatic N) is 2. The van der Waals surface area contributed by atoms with E-state index in [1.807, 2.05) is 6.07 Å². The van der Waals surface area contributed by atoms with Gasteiger partial charge in [0.1, 0.15) is 17.4 Å². The summed E-state index contributed by atoms with van der Waals surface area (Å²) in [5.41, 5.74) is 3.54. The highest BCUT2D eigenvalue weighted by Crippen LogP contribution is 2.45. The Labute approximate surface area is 185 Å². The van der Waals surface area contributed by atoms with Crippen LogP contribution in [0.1, 0.15) is 30.7 Å². The predicted octanol–water partition coefficient (Wildman–Crippen LogP) is 4.55. The van der Waals surface area contributed by atoms with Crippen molar-refractivity contribution >= 4 is 22.7 Å². The van der Waals surface area contributed by atoms with E-state index in [4.69, 9.17) is 9.72 Å². The molecule has 0 aliphatic carbocycles. The van der Waals surface area contributed by atoms with Crippen LogP contribution in [0.5, 0.6) is 5.75 Å². The van der Waals surface area contributed by atoms with E-state index in [0.29, 0.717) is 38.2 Å². The zero-order chi connectivity index (χ0) is 22.2. The van der Waals surface area contributed by atoms with Crippen LogP contribution in [0.4, 0.5) is 10.2 Å². The van der Waals surface area contributed by atoms with Gasteiger partial charge in [-0.1, -0.05) is 12.1 Å². The van der Waals surface area contributed by atoms with Crippen LogP contribution >= 0.6 is 0 Å². The van der Waals surface area contributed by atoms with E-state index >= 15 is 0 Å². The van der Waals surface area contributed by atoms with Crippen molar-refractivity contribution in [3.05, 3.63) is 53.8 Å². The van der Waals surface area contributed by atoms with E-state index in [-0.39, 0.29) is 17.5 Å². The number of ether oxygens (including phenoxy) is 1. The summed E-state index contributed by atoms with van der Waals surface area (Å²) in [5, 5.41) is 20.5. The first-order valence-corrected chi connectivity index (χ1v) is 11.0. The Hall–Kier alpha value is -3.19. The van der Waals surface area contributed by atoms with Crippen LogP contribution in [-0.4, -0.2) is 47.5 Å². The number of benzene rings is 2. The number of hydrogen-bond donors (Lipinski definition) is 2. The van der Waals surface area contributed by atoms with Crippen LogP contribution < -0.4 is 4.90 Å². The molecule has 3 aromatic rings. The zero-order valence-corrected chi connectivity index (χ0v) is 17.6. The maximum Gasteiger partial charge on any atom is 0.308 e. The molecule has 3 heterocycles. The van der Waals surface area contributed by atoms with Crippen molar-refractivity contribution in [2.45, 2.75) is 25.2 Å². The van der Waals surface area contributed by atoms with Crippen molar-refractivity contribution in [3.8, 4) is 16.9 Å². The molecule has 0 radical (unpaired) electrons. The number of carboxylic acids is 1. The fraction of sp³-hybridized carbons (Fsp3) is 0.360. The molecule has 0 bridgehead atoms. The Morgan fingerprint density at radius 3 is 2.53 bits per heavy atom. The highest BCUT2D eigenvalue weighted by atomic mass is 19.1. The number of aromatic nitrogens is 1. The molecule has 1 aromatic heterocycles. The predicted molar refractivity (Wildman–Crippen MR) is 120 cm³/mol. The van der Waals surface area contributed by atoms with Crippen molar-refractivity contribution in [1.82, 2.24) is 4.98 Å². The van der Waals surface area contributed by atoms with Gasteiger partial charge in [0.15, 0.2) is 0 Å². The van der Waals surface area contributed by atoms with Crippen LogP contribution in [0.2, 0.25) is 0 Å². The monoisotopic (exact) mass is 436 g/mol. The number of phenolic OH excluding ortho intramolecular Hbond substituents is 1. The van der Waals surface area contributed by atoms with Crippen molar-refractivity contribution in [3.63, 3.8) is 0 Å². The van der Waals surface area contributed by atoms with Crippen molar-refractivity contribution in [2.75, 3.05) is 31.2 Å². The van der Waals surface area contributed by atoms with Gasteiger partial charge in [-0.25, -0.2) is 9.37 Å². The first kappa shape index (κ1) is 20.7. The van der Waals surface area contributed by atoms with Crippen LogP contribution in [-0.2, 0) is 9.53 Å². The number of aliphatic carboxylic acids is 1. The summed E-state index contributed by atoms with van der Waals surface area (Å²) in [5.74, 6) is -0.469. The van der Waals surface area contributed by atoms with Gasteiger partial charge in [-0.2, -0.15) is 0 Å². The number of carbonyl (C=O) groups is 1. The normalized spacial score (nSPS) is 19.5. The highest BCUT2D eigenvalue weighted by molar-refractivity contribution is 5.99. The molecule has 2 aliphatic rings. The molecule has 2 aliphatic heterocycles. The lowest BCUT2D eigenvalue weighted by molar-refractivity contribution is -0.140. The van der Waals surface area contributed by atoms with Gasteiger partial charge in [0.05, 0.1) is 11.4 Å². The largest absolute Gasteiger partial charge is 0.508 e. The van der Waals surface area contributed by atoms with Gasteiger partial charge in [0.25, 0.3) is 0 Å². The lowest BCUT2D eigenvalue weighted by atomic mass is 9.84. The molecule has 0 saturated carbocycles. The molecule has 7 heteroatoms. The Morgan fingerprint density at radius 2 is 1.84 bits per heavy atom. The summed E-state index contributed by atoms with van der Waals surface area (Å²) in [6.07, 6.45) is 2.24. The molecule has 1 unspecified atom stereocenters. The Morgan fingerprint density at radius 1 is 1.09 bits per heavy atom. The van der Waals surface area contributed by atoms with Gasteiger partial charge >= 0.3 is 5.97 Å². The molecule has 32 heavy (non-hydrogen) atoms. The standard InChI is InChI=1S/C25H25FN2O4/c26-18-3-1-15(2-4-18)22-20-6-5-19(29)13-21(20)27-24(23(22)16-8-11-32-12-9-16)28-10-7-17(14-28)25(30)31/h1-6,13,16-17,29H,7-12,14H2,(H,30,31). The number of halogens is 1. The van der Waals surface area contributed by atoms with Crippen LogP contribution in [0, 0.1) is 11.7 Å². The molecule has 0 amide bonds. The van der Waals surface area contributed by atoms with Gasteiger partial charge in [-0.3, -0.25) is 4.79 Å². The van der Waals surface area contributed by atoms with E-state index in [2.05, 4.69) is 4.90 Å². The molecular weight excluding hydrogens is 411 g/mol. The smallest absolute Gasteiger partial charge is 0.308 e.